The van der Waals surface area contributed by atoms with Gasteiger partial charge in [0, 0.05) is 13.1 Å². The Balaban J connectivity index is 2.21. The summed E-state index contributed by atoms with van der Waals surface area (Å²) in [5, 5.41) is 2.90. The highest BCUT2D eigenvalue weighted by Gasteiger charge is 2.26. The molecule has 2 amide bonds. The summed E-state index contributed by atoms with van der Waals surface area (Å²) in [5.74, 6) is -0.147. The zero-order valence-electron chi connectivity index (χ0n) is 16.8. The molecule has 0 aliphatic rings. The van der Waals surface area contributed by atoms with E-state index in [0.29, 0.717) is 19.5 Å². The third-order valence-corrected chi connectivity index (χ3v) is 4.79. The van der Waals surface area contributed by atoms with Gasteiger partial charge in [-0.3, -0.25) is 9.59 Å². The number of nitrogens with one attached hydrogen (secondary N) is 1. The third kappa shape index (κ3) is 5.95. The van der Waals surface area contributed by atoms with Gasteiger partial charge < -0.3 is 10.2 Å². The van der Waals surface area contributed by atoms with Crippen LogP contribution in [0.25, 0.3) is 0 Å². The van der Waals surface area contributed by atoms with E-state index >= 15 is 0 Å². The van der Waals surface area contributed by atoms with Gasteiger partial charge in [-0.05, 0) is 43.9 Å². The van der Waals surface area contributed by atoms with Gasteiger partial charge in [0.1, 0.15) is 6.04 Å². The largest absolute Gasteiger partial charge is 0.354 e. The van der Waals surface area contributed by atoms with E-state index in [1.807, 2.05) is 69.3 Å². The Labute approximate surface area is 162 Å². The number of nitrogens with zero attached hydrogens (tertiary/aromatic N) is 1. The summed E-state index contributed by atoms with van der Waals surface area (Å²) in [5.41, 5.74) is 4.28. The number of amides is 2. The monoisotopic (exact) mass is 366 g/mol. The number of hydrogen-bond donors (Lipinski definition) is 1. The van der Waals surface area contributed by atoms with Crippen molar-refractivity contribution in [3.05, 3.63) is 70.8 Å². The third-order valence-electron chi connectivity index (χ3n) is 4.79. The van der Waals surface area contributed by atoms with E-state index in [0.717, 1.165) is 23.1 Å². The summed E-state index contributed by atoms with van der Waals surface area (Å²) in [7, 11) is 0. The maximum atomic E-state index is 13.1. The predicted molar refractivity (Wildman–Crippen MR) is 109 cm³/mol. The van der Waals surface area contributed by atoms with Crippen LogP contribution in [-0.4, -0.2) is 29.3 Å². The van der Waals surface area contributed by atoms with Crippen molar-refractivity contribution in [1.82, 2.24) is 10.2 Å². The van der Waals surface area contributed by atoms with Crippen molar-refractivity contribution in [2.75, 3.05) is 6.54 Å². The molecule has 0 aliphatic carbocycles. The Morgan fingerprint density at radius 1 is 1.04 bits per heavy atom. The molecule has 2 rings (SSSR count). The van der Waals surface area contributed by atoms with Gasteiger partial charge in [0.05, 0.1) is 6.42 Å². The van der Waals surface area contributed by atoms with Gasteiger partial charge in [0.25, 0.3) is 0 Å². The smallest absolute Gasteiger partial charge is 0.242 e. The molecule has 0 aromatic heterocycles. The van der Waals surface area contributed by atoms with Crippen molar-refractivity contribution >= 4 is 11.8 Å². The van der Waals surface area contributed by atoms with Crippen LogP contribution in [0.3, 0.4) is 0 Å². The Morgan fingerprint density at radius 3 is 2.33 bits per heavy atom. The number of aryl methyl sites for hydroxylation is 2. The highest BCUT2D eigenvalue weighted by atomic mass is 16.2. The summed E-state index contributed by atoms with van der Waals surface area (Å²) in [6, 6.07) is 15.5. The van der Waals surface area contributed by atoms with E-state index in [-0.39, 0.29) is 11.8 Å². The molecule has 0 spiro atoms. The van der Waals surface area contributed by atoms with Gasteiger partial charge in [-0.1, -0.05) is 61.0 Å². The molecule has 1 atom stereocenters. The standard InChI is InChI=1S/C23H30N2O2/c1-5-14-24-23(27)19(4)25(16-20-12-10-17(2)11-13-20)22(26)15-21-9-7-6-8-18(21)3/h6-13,19H,5,14-16H2,1-4H3,(H,24,27). The molecule has 0 radical (unpaired) electrons. The molecule has 0 saturated heterocycles. The molecule has 1 unspecified atom stereocenters. The van der Waals surface area contributed by atoms with E-state index in [2.05, 4.69) is 5.32 Å². The molecule has 2 aromatic carbocycles. The molecule has 0 heterocycles. The average molecular weight is 367 g/mol. The second-order valence-corrected chi connectivity index (χ2v) is 7.08. The summed E-state index contributed by atoms with van der Waals surface area (Å²) in [4.78, 5) is 27.3. The molecule has 1 N–H and O–H groups in total. The van der Waals surface area contributed by atoms with Crippen LogP contribution < -0.4 is 5.32 Å². The molecule has 0 bridgehead atoms. The minimum Gasteiger partial charge on any atom is -0.354 e. The van der Waals surface area contributed by atoms with Crippen molar-refractivity contribution in [1.29, 1.82) is 0 Å². The van der Waals surface area contributed by atoms with Crippen LogP contribution in [0.4, 0.5) is 0 Å². The normalized spacial score (nSPS) is 11.7. The fourth-order valence-corrected chi connectivity index (χ4v) is 2.94. The lowest BCUT2D eigenvalue weighted by molar-refractivity contribution is -0.140. The minimum absolute atomic E-state index is 0.0379. The quantitative estimate of drug-likeness (QED) is 0.773. The molecular formula is C23H30N2O2. The maximum Gasteiger partial charge on any atom is 0.242 e. The molecule has 4 heteroatoms. The van der Waals surface area contributed by atoms with E-state index in [1.165, 1.54) is 5.56 Å². The van der Waals surface area contributed by atoms with Crippen LogP contribution in [0, 0.1) is 13.8 Å². The van der Waals surface area contributed by atoms with Crippen LogP contribution in [0.15, 0.2) is 48.5 Å². The van der Waals surface area contributed by atoms with Gasteiger partial charge >= 0.3 is 0 Å². The highest BCUT2D eigenvalue weighted by molar-refractivity contribution is 5.88. The summed E-state index contributed by atoms with van der Waals surface area (Å²) in [6.07, 6.45) is 1.16. The van der Waals surface area contributed by atoms with E-state index in [1.54, 1.807) is 11.8 Å². The van der Waals surface area contributed by atoms with E-state index < -0.39 is 6.04 Å². The van der Waals surface area contributed by atoms with Crippen LogP contribution in [0.2, 0.25) is 0 Å². The van der Waals surface area contributed by atoms with Gasteiger partial charge in [0.15, 0.2) is 0 Å². The van der Waals surface area contributed by atoms with Crippen molar-refractivity contribution in [3.8, 4) is 0 Å². The number of carbonyl (C=O) groups excluding carboxylic acids is 2. The minimum atomic E-state index is -0.519. The summed E-state index contributed by atoms with van der Waals surface area (Å²) >= 11 is 0. The first-order valence-corrected chi connectivity index (χ1v) is 9.59. The topological polar surface area (TPSA) is 49.4 Å². The Bertz CT molecular complexity index is 768. The first-order valence-electron chi connectivity index (χ1n) is 9.59. The molecule has 27 heavy (non-hydrogen) atoms. The van der Waals surface area contributed by atoms with Crippen molar-refractivity contribution in [3.63, 3.8) is 0 Å². The van der Waals surface area contributed by atoms with E-state index in [9.17, 15) is 9.59 Å². The molecule has 0 saturated carbocycles. The Morgan fingerprint density at radius 2 is 1.70 bits per heavy atom. The van der Waals surface area contributed by atoms with Crippen LogP contribution in [-0.2, 0) is 22.6 Å². The number of hydrogen-bond acceptors (Lipinski definition) is 2. The molecule has 0 fully saturated rings. The Kier molecular flexibility index (Phi) is 7.59. The molecule has 2 aromatic rings. The van der Waals surface area contributed by atoms with Gasteiger partial charge in [-0.25, -0.2) is 0 Å². The number of rotatable bonds is 8. The fraction of sp³-hybridized carbons (Fsp3) is 0.391. The first-order chi connectivity index (χ1) is 12.9. The van der Waals surface area contributed by atoms with Crippen molar-refractivity contribution in [2.24, 2.45) is 0 Å². The fourth-order valence-electron chi connectivity index (χ4n) is 2.94. The van der Waals surface area contributed by atoms with Gasteiger partial charge in [0.2, 0.25) is 11.8 Å². The highest BCUT2D eigenvalue weighted by Crippen LogP contribution is 2.15. The number of carbonyl (C=O) groups is 2. The van der Waals surface area contributed by atoms with E-state index in [4.69, 9.17) is 0 Å². The van der Waals surface area contributed by atoms with Gasteiger partial charge in [-0.15, -0.1) is 0 Å². The van der Waals surface area contributed by atoms with Crippen molar-refractivity contribution < 1.29 is 9.59 Å². The summed E-state index contributed by atoms with van der Waals surface area (Å²) in [6.45, 7) is 8.89. The predicted octanol–water partition coefficient (Wildman–Crippen LogP) is 3.79. The lowest BCUT2D eigenvalue weighted by atomic mass is 10.0. The van der Waals surface area contributed by atoms with Crippen LogP contribution in [0.1, 0.15) is 42.5 Å². The Hall–Kier alpha value is -2.62. The lowest BCUT2D eigenvalue weighted by Gasteiger charge is -2.29. The van der Waals surface area contributed by atoms with Crippen LogP contribution in [0.5, 0.6) is 0 Å². The molecule has 4 nitrogen and oxygen atoms in total. The second kappa shape index (κ2) is 9.91. The van der Waals surface area contributed by atoms with Crippen LogP contribution >= 0.6 is 0 Å². The SMILES string of the molecule is CCCNC(=O)C(C)N(Cc1ccc(C)cc1)C(=O)Cc1ccccc1C. The lowest BCUT2D eigenvalue weighted by Crippen LogP contribution is -2.48. The van der Waals surface area contributed by atoms with Gasteiger partial charge in [-0.2, -0.15) is 0 Å². The summed E-state index contributed by atoms with van der Waals surface area (Å²) < 4.78 is 0. The second-order valence-electron chi connectivity index (χ2n) is 7.08. The zero-order chi connectivity index (χ0) is 19.8. The first kappa shape index (κ1) is 20.7. The maximum absolute atomic E-state index is 13.1. The molecule has 0 aliphatic heterocycles. The molecule has 144 valence electrons. The number of benzene rings is 2. The van der Waals surface area contributed by atoms with Crippen molar-refractivity contribution in [2.45, 2.75) is 53.1 Å². The zero-order valence-corrected chi connectivity index (χ0v) is 16.8. The average Bonchev–Trinajstić information content (AvgIpc) is 2.66. The molecular weight excluding hydrogens is 336 g/mol.